The summed E-state index contributed by atoms with van der Waals surface area (Å²) in [5, 5.41) is 7.42. The molecule has 0 aromatic heterocycles. The molecule has 0 spiro atoms. The molecule has 3 nitrogen and oxygen atoms in total. The lowest BCUT2D eigenvalue weighted by atomic mass is 10.1. The number of hydrogen-bond donors (Lipinski definition) is 2. The van der Waals surface area contributed by atoms with Crippen LogP contribution in [0.5, 0.6) is 0 Å². The topological polar surface area (TPSA) is 53.1 Å². The Kier molecular flexibility index (Phi) is 4.65. The molecule has 110 valence electrons. The Balaban J connectivity index is 2.06. The number of nitrogens with zero attached hydrogens (tertiary/aromatic N) is 1. The van der Waals surface area contributed by atoms with Crippen molar-refractivity contribution in [3.63, 3.8) is 0 Å². The van der Waals surface area contributed by atoms with Gasteiger partial charge in [-0.3, -0.25) is 10.3 Å². The Bertz CT molecular complexity index is 656. The number of rotatable bonds is 5. The van der Waals surface area contributed by atoms with E-state index in [9.17, 15) is 8.78 Å². The van der Waals surface area contributed by atoms with E-state index in [1.807, 2.05) is 30.1 Å². The van der Waals surface area contributed by atoms with E-state index in [1.54, 1.807) is 6.07 Å². The maximum atomic E-state index is 13.6. The Morgan fingerprint density at radius 1 is 1.14 bits per heavy atom. The summed E-state index contributed by atoms with van der Waals surface area (Å²) in [6.45, 7) is 0.953. The van der Waals surface area contributed by atoms with E-state index in [-0.39, 0.29) is 5.84 Å². The normalized spacial score (nSPS) is 10.9. The molecule has 0 heterocycles. The van der Waals surface area contributed by atoms with E-state index in [2.05, 4.69) is 0 Å². The van der Waals surface area contributed by atoms with Gasteiger partial charge in [-0.05, 0) is 24.7 Å². The fourth-order valence-electron chi connectivity index (χ4n) is 2.15. The number of hydrogen-bond acceptors (Lipinski definition) is 2. The summed E-state index contributed by atoms with van der Waals surface area (Å²) < 4.78 is 26.5. The van der Waals surface area contributed by atoms with Crippen molar-refractivity contribution in [2.75, 3.05) is 7.05 Å². The van der Waals surface area contributed by atoms with E-state index < -0.39 is 11.6 Å². The third-order valence-corrected chi connectivity index (χ3v) is 3.15. The summed E-state index contributed by atoms with van der Waals surface area (Å²) in [6, 6.07) is 10.9. The van der Waals surface area contributed by atoms with E-state index in [1.165, 1.54) is 12.1 Å². The SMILES string of the molecule is CN(Cc1cccc(C(=N)N)c1)Cc1ccc(F)cc1F. The number of halogens is 2. The minimum Gasteiger partial charge on any atom is -0.384 e. The number of nitrogens with two attached hydrogens (primary N) is 1. The van der Waals surface area contributed by atoms with Gasteiger partial charge in [0.25, 0.3) is 0 Å². The molecule has 0 radical (unpaired) electrons. The first kappa shape index (κ1) is 15.1. The predicted octanol–water partition coefficient (Wildman–Crippen LogP) is 2.88. The fraction of sp³-hybridized carbons (Fsp3) is 0.188. The molecular formula is C16H17F2N3. The molecule has 21 heavy (non-hydrogen) atoms. The van der Waals surface area contributed by atoms with Crippen LogP contribution in [-0.2, 0) is 13.1 Å². The van der Waals surface area contributed by atoms with Crippen LogP contribution in [0.25, 0.3) is 0 Å². The van der Waals surface area contributed by atoms with Gasteiger partial charge in [0.05, 0.1) is 0 Å². The molecule has 5 heteroatoms. The molecule has 3 N–H and O–H groups in total. The van der Waals surface area contributed by atoms with Gasteiger partial charge >= 0.3 is 0 Å². The van der Waals surface area contributed by atoms with Crippen LogP contribution in [0.15, 0.2) is 42.5 Å². The molecule has 0 fully saturated rings. The van der Waals surface area contributed by atoms with Crippen LogP contribution >= 0.6 is 0 Å². The van der Waals surface area contributed by atoms with Gasteiger partial charge in [0.15, 0.2) is 0 Å². The molecule has 2 aromatic carbocycles. The minimum absolute atomic E-state index is 0.0177. The van der Waals surface area contributed by atoms with Gasteiger partial charge in [-0.15, -0.1) is 0 Å². The summed E-state index contributed by atoms with van der Waals surface area (Å²) in [5.74, 6) is -1.10. The maximum absolute atomic E-state index is 13.6. The van der Waals surface area contributed by atoms with Crippen LogP contribution in [0.1, 0.15) is 16.7 Å². The molecule has 0 saturated heterocycles. The Hall–Kier alpha value is -2.27. The number of nitrogens with one attached hydrogen (secondary N) is 1. The Labute approximate surface area is 122 Å². The lowest BCUT2D eigenvalue weighted by Crippen LogP contribution is -2.19. The first-order valence-corrected chi connectivity index (χ1v) is 6.51. The third kappa shape index (κ3) is 4.10. The van der Waals surface area contributed by atoms with E-state index in [0.717, 1.165) is 11.6 Å². The summed E-state index contributed by atoms with van der Waals surface area (Å²) in [5.41, 5.74) is 7.54. The summed E-state index contributed by atoms with van der Waals surface area (Å²) in [6.07, 6.45) is 0. The zero-order chi connectivity index (χ0) is 15.4. The Morgan fingerprint density at radius 3 is 2.57 bits per heavy atom. The number of benzene rings is 2. The quantitative estimate of drug-likeness (QED) is 0.657. The molecule has 0 aliphatic carbocycles. The molecular weight excluding hydrogens is 272 g/mol. The molecule has 2 aromatic rings. The fourth-order valence-corrected chi connectivity index (χ4v) is 2.15. The van der Waals surface area contributed by atoms with Gasteiger partial charge < -0.3 is 5.73 Å². The van der Waals surface area contributed by atoms with Crippen molar-refractivity contribution in [2.24, 2.45) is 5.73 Å². The van der Waals surface area contributed by atoms with E-state index in [4.69, 9.17) is 11.1 Å². The van der Waals surface area contributed by atoms with Crippen molar-refractivity contribution in [3.05, 3.63) is 70.8 Å². The summed E-state index contributed by atoms with van der Waals surface area (Å²) in [4.78, 5) is 1.91. The van der Waals surface area contributed by atoms with Gasteiger partial charge in [0.1, 0.15) is 17.5 Å². The zero-order valence-corrected chi connectivity index (χ0v) is 11.7. The monoisotopic (exact) mass is 289 g/mol. The van der Waals surface area contributed by atoms with Crippen molar-refractivity contribution in [3.8, 4) is 0 Å². The molecule has 0 bridgehead atoms. The molecule has 2 rings (SSSR count). The minimum atomic E-state index is -0.576. The standard InChI is InChI=1S/C16H17F2N3/c1-21(10-13-5-6-14(17)8-15(13)18)9-11-3-2-4-12(7-11)16(19)20/h2-8H,9-10H2,1H3,(H3,19,20). The van der Waals surface area contributed by atoms with Crippen LogP contribution in [0.2, 0.25) is 0 Å². The van der Waals surface area contributed by atoms with Gasteiger partial charge in [0, 0.05) is 30.3 Å². The molecule has 0 aliphatic rings. The third-order valence-electron chi connectivity index (χ3n) is 3.15. The van der Waals surface area contributed by atoms with Crippen LogP contribution in [0.3, 0.4) is 0 Å². The highest BCUT2D eigenvalue weighted by atomic mass is 19.1. The molecule has 0 saturated carbocycles. The van der Waals surface area contributed by atoms with Crippen molar-refractivity contribution in [1.82, 2.24) is 4.90 Å². The molecule has 0 unspecified atom stereocenters. The Morgan fingerprint density at radius 2 is 1.90 bits per heavy atom. The van der Waals surface area contributed by atoms with E-state index in [0.29, 0.717) is 24.2 Å². The first-order chi connectivity index (χ1) is 9.95. The zero-order valence-electron chi connectivity index (χ0n) is 11.7. The molecule has 0 aliphatic heterocycles. The van der Waals surface area contributed by atoms with Crippen molar-refractivity contribution >= 4 is 5.84 Å². The maximum Gasteiger partial charge on any atom is 0.130 e. The largest absolute Gasteiger partial charge is 0.384 e. The molecule has 0 atom stereocenters. The van der Waals surface area contributed by atoms with Gasteiger partial charge in [-0.1, -0.05) is 24.3 Å². The second-order valence-corrected chi connectivity index (χ2v) is 5.02. The highest BCUT2D eigenvalue weighted by molar-refractivity contribution is 5.95. The van der Waals surface area contributed by atoms with Crippen LogP contribution < -0.4 is 5.73 Å². The van der Waals surface area contributed by atoms with Gasteiger partial charge in [-0.2, -0.15) is 0 Å². The van der Waals surface area contributed by atoms with Gasteiger partial charge in [-0.25, -0.2) is 8.78 Å². The highest BCUT2D eigenvalue weighted by Crippen LogP contribution is 2.14. The van der Waals surface area contributed by atoms with E-state index >= 15 is 0 Å². The number of nitrogen functional groups attached to an aromatic ring is 1. The second kappa shape index (κ2) is 6.45. The predicted molar refractivity (Wildman–Crippen MR) is 79.0 cm³/mol. The van der Waals surface area contributed by atoms with Crippen LogP contribution in [0, 0.1) is 17.0 Å². The molecule has 0 amide bonds. The van der Waals surface area contributed by atoms with Crippen LogP contribution in [-0.4, -0.2) is 17.8 Å². The highest BCUT2D eigenvalue weighted by Gasteiger charge is 2.08. The lowest BCUT2D eigenvalue weighted by Gasteiger charge is -2.17. The van der Waals surface area contributed by atoms with Crippen molar-refractivity contribution in [1.29, 1.82) is 5.41 Å². The van der Waals surface area contributed by atoms with Crippen LogP contribution in [0.4, 0.5) is 8.78 Å². The number of amidine groups is 1. The average Bonchev–Trinajstić information content (AvgIpc) is 2.42. The van der Waals surface area contributed by atoms with Gasteiger partial charge in [0.2, 0.25) is 0 Å². The lowest BCUT2D eigenvalue weighted by molar-refractivity contribution is 0.313. The van der Waals surface area contributed by atoms with Crippen molar-refractivity contribution in [2.45, 2.75) is 13.1 Å². The second-order valence-electron chi connectivity index (χ2n) is 5.02. The average molecular weight is 289 g/mol. The smallest absolute Gasteiger partial charge is 0.130 e. The summed E-state index contributed by atoms with van der Waals surface area (Å²) in [7, 11) is 1.85. The van der Waals surface area contributed by atoms with Crippen molar-refractivity contribution < 1.29 is 8.78 Å². The summed E-state index contributed by atoms with van der Waals surface area (Å²) >= 11 is 0. The first-order valence-electron chi connectivity index (χ1n) is 6.51.